The molecule has 1 aromatic heterocycles. The number of nitrogens with zero attached hydrogens (tertiary/aromatic N) is 2. The summed E-state index contributed by atoms with van der Waals surface area (Å²) in [6, 6.07) is 5.86. The van der Waals surface area contributed by atoms with Crippen molar-refractivity contribution in [1.29, 1.82) is 0 Å². The minimum Gasteiger partial charge on any atom is -0.402 e. The summed E-state index contributed by atoms with van der Waals surface area (Å²) in [6.45, 7) is 4.91. The summed E-state index contributed by atoms with van der Waals surface area (Å²) in [7, 11) is 0. The molecule has 5 nitrogen and oxygen atoms in total. The Labute approximate surface area is 152 Å². The molecule has 0 saturated heterocycles. The van der Waals surface area contributed by atoms with Gasteiger partial charge in [-0.05, 0) is 31.2 Å². The van der Waals surface area contributed by atoms with Gasteiger partial charge in [-0.3, -0.25) is 0 Å². The molecule has 0 saturated carbocycles. The summed E-state index contributed by atoms with van der Waals surface area (Å²) in [6.07, 6.45) is -3.53. The maximum Gasteiger partial charge on any atom is 0.419 e. The lowest BCUT2D eigenvalue weighted by Gasteiger charge is -2.17. The van der Waals surface area contributed by atoms with E-state index < -0.39 is 23.1 Å². The molecule has 1 heterocycles. The number of allylic oxidation sites excluding steroid dienone is 2. The van der Waals surface area contributed by atoms with E-state index in [1.165, 1.54) is 25.3 Å². The van der Waals surface area contributed by atoms with Gasteiger partial charge in [0, 0.05) is 28.6 Å². The Kier molecular flexibility index (Phi) is 5.53. The molecule has 142 valence electrons. The van der Waals surface area contributed by atoms with E-state index in [-0.39, 0.29) is 28.6 Å². The van der Waals surface area contributed by atoms with Gasteiger partial charge in [-0.25, -0.2) is 14.4 Å². The van der Waals surface area contributed by atoms with E-state index in [0.717, 1.165) is 12.1 Å². The van der Waals surface area contributed by atoms with Crippen molar-refractivity contribution in [2.75, 3.05) is 5.73 Å². The Hall–Kier alpha value is -3.36. The first-order valence-corrected chi connectivity index (χ1v) is 7.60. The van der Waals surface area contributed by atoms with Crippen molar-refractivity contribution in [3.8, 4) is 0 Å². The number of benzene rings is 1. The lowest BCUT2D eigenvalue weighted by Crippen LogP contribution is -2.17. The number of nitrogen functional groups attached to an aromatic ring is 1. The van der Waals surface area contributed by atoms with Crippen LogP contribution in [0.15, 0.2) is 59.6 Å². The number of pyridine rings is 1. The Balaban J connectivity index is 2.79. The van der Waals surface area contributed by atoms with Gasteiger partial charge in [0.2, 0.25) is 0 Å². The predicted molar refractivity (Wildman–Crippen MR) is 96.7 cm³/mol. The minimum atomic E-state index is -4.88. The molecule has 9 heteroatoms. The fraction of sp³-hybridized carbons (Fsp3) is 0.111. The van der Waals surface area contributed by atoms with Gasteiger partial charge < -0.3 is 17.2 Å². The van der Waals surface area contributed by atoms with Crippen LogP contribution in [-0.4, -0.2) is 10.7 Å². The number of hydrogen-bond acceptors (Lipinski definition) is 5. The third-order valence-corrected chi connectivity index (χ3v) is 3.52. The first-order chi connectivity index (χ1) is 12.5. The fourth-order valence-corrected chi connectivity index (χ4v) is 2.43. The SMILES string of the molecule is C=C(N)/N=C(\C(=C(\C)N)c1ccc(N)nc1)c1cccc(C(F)(F)F)c1F. The van der Waals surface area contributed by atoms with Gasteiger partial charge in [-0.2, -0.15) is 13.2 Å². The molecular weight excluding hydrogens is 362 g/mol. The second-order valence-corrected chi connectivity index (χ2v) is 5.65. The molecule has 0 spiro atoms. The predicted octanol–water partition coefficient (Wildman–Crippen LogP) is 3.43. The topological polar surface area (TPSA) is 103 Å². The summed E-state index contributed by atoms with van der Waals surface area (Å²) >= 11 is 0. The minimum absolute atomic E-state index is 0.160. The number of nitrogens with two attached hydrogens (primary N) is 3. The van der Waals surface area contributed by atoms with Gasteiger partial charge in [-0.1, -0.05) is 12.6 Å². The van der Waals surface area contributed by atoms with Gasteiger partial charge >= 0.3 is 6.18 Å². The van der Waals surface area contributed by atoms with Gasteiger partial charge in [0.1, 0.15) is 17.5 Å². The second-order valence-electron chi connectivity index (χ2n) is 5.65. The monoisotopic (exact) mass is 379 g/mol. The van der Waals surface area contributed by atoms with E-state index in [2.05, 4.69) is 16.6 Å². The average molecular weight is 379 g/mol. The molecule has 0 aliphatic rings. The number of alkyl halides is 3. The molecule has 0 amide bonds. The lowest BCUT2D eigenvalue weighted by atomic mass is 9.93. The standard InChI is InChI=1S/C18H17F4N5/c1-9(23)15(11-6-7-14(25)26-8-11)17(27-10(2)24)12-4-3-5-13(16(12)19)18(20,21)22/h3-8H,2,23-24H2,1H3,(H2,25,26)/b15-9-,27-17-. The molecule has 2 aromatic rings. The summed E-state index contributed by atoms with van der Waals surface area (Å²) in [4.78, 5) is 7.87. The number of anilines is 1. The number of aliphatic imine (C=N–C) groups is 1. The van der Waals surface area contributed by atoms with Crippen molar-refractivity contribution >= 4 is 17.1 Å². The highest BCUT2D eigenvalue weighted by Gasteiger charge is 2.35. The van der Waals surface area contributed by atoms with Crippen LogP contribution in [0.3, 0.4) is 0 Å². The van der Waals surface area contributed by atoms with Crippen molar-refractivity contribution < 1.29 is 17.6 Å². The molecule has 2 rings (SSSR count). The van der Waals surface area contributed by atoms with Crippen LogP contribution in [0.25, 0.3) is 5.57 Å². The molecule has 27 heavy (non-hydrogen) atoms. The van der Waals surface area contributed by atoms with E-state index in [0.29, 0.717) is 11.6 Å². The van der Waals surface area contributed by atoms with Gasteiger partial charge in [0.15, 0.2) is 0 Å². The lowest BCUT2D eigenvalue weighted by molar-refractivity contribution is -0.140. The van der Waals surface area contributed by atoms with Gasteiger partial charge in [0.05, 0.1) is 11.3 Å². The highest BCUT2D eigenvalue weighted by atomic mass is 19.4. The Morgan fingerprint density at radius 3 is 2.30 bits per heavy atom. The maximum atomic E-state index is 14.7. The van der Waals surface area contributed by atoms with Crippen molar-refractivity contribution in [2.45, 2.75) is 13.1 Å². The summed E-state index contributed by atoms with van der Waals surface area (Å²) in [5.74, 6) is -1.50. The van der Waals surface area contributed by atoms with Gasteiger partial charge in [-0.15, -0.1) is 0 Å². The molecule has 0 bridgehead atoms. The van der Waals surface area contributed by atoms with Crippen LogP contribution in [0.1, 0.15) is 23.6 Å². The smallest absolute Gasteiger partial charge is 0.402 e. The second kappa shape index (κ2) is 7.48. The van der Waals surface area contributed by atoms with E-state index in [9.17, 15) is 17.6 Å². The molecule has 0 radical (unpaired) electrons. The number of rotatable bonds is 4. The Bertz CT molecular complexity index is 924. The Morgan fingerprint density at radius 1 is 1.15 bits per heavy atom. The average Bonchev–Trinajstić information content (AvgIpc) is 2.54. The highest BCUT2D eigenvalue weighted by Crippen LogP contribution is 2.34. The molecule has 1 aromatic carbocycles. The van der Waals surface area contributed by atoms with Crippen LogP contribution >= 0.6 is 0 Å². The van der Waals surface area contributed by atoms with Crippen LogP contribution < -0.4 is 17.2 Å². The van der Waals surface area contributed by atoms with Crippen LogP contribution in [0, 0.1) is 5.82 Å². The number of hydrogen-bond donors (Lipinski definition) is 3. The molecule has 0 atom stereocenters. The van der Waals surface area contributed by atoms with Crippen molar-refractivity contribution in [1.82, 2.24) is 4.98 Å². The zero-order valence-corrected chi connectivity index (χ0v) is 14.3. The van der Waals surface area contributed by atoms with Crippen molar-refractivity contribution in [3.63, 3.8) is 0 Å². The van der Waals surface area contributed by atoms with Crippen LogP contribution in [0.2, 0.25) is 0 Å². The zero-order chi connectivity index (χ0) is 20.4. The fourth-order valence-electron chi connectivity index (χ4n) is 2.43. The largest absolute Gasteiger partial charge is 0.419 e. The molecule has 0 aliphatic carbocycles. The third-order valence-electron chi connectivity index (χ3n) is 3.52. The summed E-state index contributed by atoms with van der Waals surface area (Å²) < 4.78 is 54.0. The first-order valence-electron chi connectivity index (χ1n) is 7.60. The van der Waals surface area contributed by atoms with Crippen LogP contribution in [0.4, 0.5) is 23.4 Å². The van der Waals surface area contributed by atoms with E-state index in [1.807, 2.05) is 0 Å². The quantitative estimate of drug-likeness (QED) is 0.559. The molecule has 0 fully saturated rings. The molecule has 6 N–H and O–H groups in total. The molecule has 0 aliphatic heterocycles. The van der Waals surface area contributed by atoms with E-state index in [1.54, 1.807) is 0 Å². The number of aromatic nitrogens is 1. The normalized spacial score (nSPS) is 13.3. The third kappa shape index (κ3) is 4.43. The maximum absolute atomic E-state index is 14.7. The van der Waals surface area contributed by atoms with E-state index >= 15 is 0 Å². The first kappa shape index (κ1) is 20.0. The Morgan fingerprint density at radius 2 is 1.81 bits per heavy atom. The highest BCUT2D eigenvalue weighted by molar-refractivity contribution is 6.32. The van der Waals surface area contributed by atoms with Crippen LogP contribution in [-0.2, 0) is 6.18 Å². The zero-order valence-electron chi connectivity index (χ0n) is 14.3. The summed E-state index contributed by atoms with van der Waals surface area (Å²) in [5.41, 5.74) is 15.6. The van der Waals surface area contributed by atoms with E-state index in [4.69, 9.17) is 17.2 Å². The summed E-state index contributed by atoms with van der Waals surface area (Å²) in [5, 5.41) is 0. The van der Waals surface area contributed by atoms with Gasteiger partial charge in [0.25, 0.3) is 0 Å². The molecule has 0 unspecified atom stereocenters. The molecular formula is C18H17F4N5. The van der Waals surface area contributed by atoms with Crippen molar-refractivity contribution in [2.24, 2.45) is 16.5 Å². The van der Waals surface area contributed by atoms with Crippen molar-refractivity contribution in [3.05, 3.63) is 77.1 Å². The number of halogens is 4. The van der Waals surface area contributed by atoms with Crippen LogP contribution in [0.5, 0.6) is 0 Å².